The molecule has 0 heterocycles. The van der Waals surface area contributed by atoms with Gasteiger partial charge in [0.25, 0.3) is 10.0 Å². The van der Waals surface area contributed by atoms with Gasteiger partial charge in [-0.2, -0.15) is 0 Å². The highest BCUT2D eigenvalue weighted by Gasteiger charge is 2.33. The Hall–Kier alpha value is -3.24. The third kappa shape index (κ3) is 7.24. The van der Waals surface area contributed by atoms with E-state index in [0.717, 1.165) is 52.2 Å². The molecule has 0 radical (unpaired) electrons. The van der Waals surface area contributed by atoms with Crippen molar-refractivity contribution in [3.8, 4) is 0 Å². The monoisotopic (exact) mass is 615 g/mol. The zero-order valence-electron chi connectivity index (χ0n) is 21.6. The van der Waals surface area contributed by atoms with Crippen LogP contribution in [-0.4, -0.2) is 43.8 Å². The SMILES string of the molecule is CC(C(=O)NC1CCCC1)N(Cc1cccc(Br)c1)C(=O)CN(c1ccc(F)cc1)S(=O)(=O)c1ccccc1. The summed E-state index contributed by atoms with van der Waals surface area (Å²) in [5.41, 5.74) is 0.913. The lowest BCUT2D eigenvalue weighted by atomic mass is 10.1. The van der Waals surface area contributed by atoms with Crippen molar-refractivity contribution in [2.24, 2.45) is 0 Å². The molecule has 39 heavy (non-hydrogen) atoms. The van der Waals surface area contributed by atoms with Crippen LogP contribution in [0.1, 0.15) is 38.2 Å². The second-order valence-corrected chi connectivity index (χ2v) is 12.4. The number of nitrogens with zero attached hydrogens (tertiary/aromatic N) is 2. The summed E-state index contributed by atoms with van der Waals surface area (Å²) in [6, 6.07) is 19.3. The van der Waals surface area contributed by atoms with Crippen LogP contribution in [0.25, 0.3) is 0 Å². The van der Waals surface area contributed by atoms with Crippen molar-refractivity contribution >= 4 is 43.5 Å². The molecular formula is C29H31BrFN3O4S. The van der Waals surface area contributed by atoms with E-state index >= 15 is 0 Å². The molecule has 0 aliphatic heterocycles. The Bertz CT molecular complexity index is 1400. The number of nitrogens with one attached hydrogen (secondary N) is 1. The number of benzene rings is 3. The number of amides is 2. The van der Waals surface area contributed by atoms with E-state index in [-0.39, 0.29) is 29.1 Å². The summed E-state index contributed by atoms with van der Waals surface area (Å²) in [6.45, 7) is 1.17. The van der Waals surface area contributed by atoms with E-state index in [4.69, 9.17) is 0 Å². The van der Waals surface area contributed by atoms with Crippen LogP contribution in [0.3, 0.4) is 0 Å². The fourth-order valence-electron chi connectivity index (χ4n) is 4.66. The topological polar surface area (TPSA) is 86.8 Å². The molecule has 1 atom stereocenters. The van der Waals surface area contributed by atoms with Crippen molar-refractivity contribution in [3.63, 3.8) is 0 Å². The standard InChI is InChI=1S/C29H31BrFN3O4S/c1-21(29(36)32-25-10-5-6-11-25)33(19-22-8-7-9-23(30)18-22)28(35)20-34(26-16-14-24(31)15-17-26)39(37,38)27-12-3-2-4-13-27/h2-4,7-9,12-18,21,25H,5-6,10-11,19-20H2,1H3,(H,32,36). The largest absolute Gasteiger partial charge is 0.352 e. The maximum Gasteiger partial charge on any atom is 0.264 e. The Morgan fingerprint density at radius 2 is 1.67 bits per heavy atom. The number of anilines is 1. The first kappa shape index (κ1) is 28.8. The van der Waals surface area contributed by atoms with Gasteiger partial charge < -0.3 is 10.2 Å². The number of carbonyl (C=O) groups excluding carboxylic acids is 2. The van der Waals surface area contributed by atoms with Crippen molar-refractivity contribution in [2.75, 3.05) is 10.8 Å². The molecule has 0 saturated heterocycles. The van der Waals surface area contributed by atoms with Crippen molar-refractivity contribution in [1.82, 2.24) is 10.2 Å². The van der Waals surface area contributed by atoms with Gasteiger partial charge in [0.05, 0.1) is 10.6 Å². The maximum atomic E-state index is 13.9. The van der Waals surface area contributed by atoms with Crippen LogP contribution in [0, 0.1) is 5.82 Å². The van der Waals surface area contributed by atoms with Gasteiger partial charge in [0.15, 0.2) is 0 Å². The minimum absolute atomic E-state index is 0.00677. The van der Waals surface area contributed by atoms with Gasteiger partial charge in [-0.1, -0.05) is 59.1 Å². The van der Waals surface area contributed by atoms with Gasteiger partial charge >= 0.3 is 0 Å². The molecule has 7 nitrogen and oxygen atoms in total. The Kier molecular flexibility index (Phi) is 9.40. The molecule has 206 valence electrons. The fourth-order valence-corrected chi connectivity index (χ4v) is 6.54. The van der Waals surface area contributed by atoms with Crippen molar-refractivity contribution in [1.29, 1.82) is 0 Å². The number of rotatable bonds is 10. The number of hydrogen-bond donors (Lipinski definition) is 1. The van der Waals surface area contributed by atoms with E-state index in [1.807, 2.05) is 24.3 Å². The average molecular weight is 617 g/mol. The minimum atomic E-state index is -4.18. The van der Waals surface area contributed by atoms with Gasteiger partial charge in [-0.3, -0.25) is 13.9 Å². The van der Waals surface area contributed by atoms with E-state index in [1.165, 1.54) is 29.2 Å². The van der Waals surface area contributed by atoms with E-state index in [2.05, 4.69) is 21.2 Å². The molecule has 0 spiro atoms. The molecule has 1 fully saturated rings. The predicted octanol–water partition coefficient (Wildman–Crippen LogP) is 5.26. The molecule has 0 aromatic heterocycles. The summed E-state index contributed by atoms with van der Waals surface area (Å²) in [7, 11) is -4.18. The highest BCUT2D eigenvalue weighted by molar-refractivity contribution is 9.10. The molecule has 3 aromatic rings. The first-order chi connectivity index (χ1) is 18.6. The molecule has 4 rings (SSSR count). The maximum absolute atomic E-state index is 13.9. The van der Waals surface area contributed by atoms with Crippen LogP contribution in [0.4, 0.5) is 10.1 Å². The second-order valence-electron chi connectivity index (χ2n) is 9.62. The molecule has 1 unspecified atom stereocenters. The molecular weight excluding hydrogens is 585 g/mol. The minimum Gasteiger partial charge on any atom is -0.352 e. The summed E-state index contributed by atoms with van der Waals surface area (Å²) in [6.07, 6.45) is 3.88. The van der Waals surface area contributed by atoms with Crippen molar-refractivity contribution in [3.05, 3.63) is 94.7 Å². The highest BCUT2D eigenvalue weighted by atomic mass is 79.9. The number of hydrogen-bond acceptors (Lipinski definition) is 4. The molecule has 0 bridgehead atoms. The Morgan fingerprint density at radius 1 is 1.00 bits per heavy atom. The first-order valence-corrected chi connectivity index (χ1v) is 15.1. The molecule has 1 aliphatic rings. The van der Waals surface area contributed by atoms with E-state index in [9.17, 15) is 22.4 Å². The summed E-state index contributed by atoms with van der Waals surface area (Å²) in [5, 5.41) is 3.04. The summed E-state index contributed by atoms with van der Waals surface area (Å²) in [5.74, 6) is -1.38. The van der Waals surface area contributed by atoms with Gasteiger partial charge in [0, 0.05) is 17.1 Å². The molecule has 10 heteroatoms. The molecule has 1 saturated carbocycles. The van der Waals surface area contributed by atoms with Crippen LogP contribution < -0.4 is 9.62 Å². The van der Waals surface area contributed by atoms with Crippen LogP contribution in [0.5, 0.6) is 0 Å². The number of sulfonamides is 1. The zero-order valence-corrected chi connectivity index (χ0v) is 24.0. The van der Waals surface area contributed by atoms with Crippen LogP contribution >= 0.6 is 15.9 Å². The Labute approximate surface area is 237 Å². The van der Waals surface area contributed by atoms with Gasteiger partial charge in [0.1, 0.15) is 18.4 Å². The van der Waals surface area contributed by atoms with Gasteiger partial charge in [-0.15, -0.1) is 0 Å². The predicted molar refractivity (Wildman–Crippen MR) is 152 cm³/mol. The van der Waals surface area contributed by atoms with Gasteiger partial charge in [0.2, 0.25) is 11.8 Å². The second kappa shape index (κ2) is 12.7. The summed E-state index contributed by atoms with van der Waals surface area (Å²) < 4.78 is 42.9. The van der Waals surface area contributed by atoms with Gasteiger partial charge in [-0.05, 0) is 73.9 Å². The average Bonchev–Trinajstić information content (AvgIpc) is 3.44. The van der Waals surface area contributed by atoms with Crippen molar-refractivity contribution < 1.29 is 22.4 Å². The Balaban J connectivity index is 1.67. The quantitative estimate of drug-likeness (QED) is 0.337. The van der Waals surface area contributed by atoms with E-state index in [1.54, 1.807) is 25.1 Å². The first-order valence-electron chi connectivity index (χ1n) is 12.8. The normalized spacial score (nSPS) is 14.5. The van der Waals surface area contributed by atoms with Crippen LogP contribution in [-0.2, 0) is 26.2 Å². The van der Waals surface area contributed by atoms with E-state index < -0.39 is 34.3 Å². The Morgan fingerprint density at radius 3 is 2.31 bits per heavy atom. The fraction of sp³-hybridized carbons (Fsp3) is 0.310. The van der Waals surface area contributed by atoms with Crippen molar-refractivity contribution in [2.45, 2.75) is 56.1 Å². The lowest BCUT2D eigenvalue weighted by Crippen LogP contribution is -2.52. The molecule has 1 N–H and O–H groups in total. The number of halogens is 2. The summed E-state index contributed by atoms with van der Waals surface area (Å²) in [4.78, 5) is 28.5. The van der Waals surface area contributed by atoms with Crippen LogP contribution in [0.15, 0.2) is 88.2 Å². The highest BCUT2D eigenvalue weighted by Crippen LogP contribution is 2.25. The summed E-state index contributed by atoms with van der Waals surface area (Å²) >= 11 is 3.44. The zero-order chi connectivity index (χ0) is 28.0. The molecule has 3 aromatic carbocycles. The van der Waals surface area contributed by atoms with Gasteiger partial charge in [-0.25, -0.2) is 12.8 Å². The van der Waals surface area contributed by atoms with Crippen LogP contribution in [0.2, 0.25) is 0 Å². The lowest BCUT2D eigenvalue weighted by Gasteiger charge is -2.32. The van der Waals surface area contributed by atoms with E-state index in [0.29, 0.717) is 0 Å². The third-order valence-corrected chi connectivity index (χ3v) is 9.12. The smallest absolute Gasteiger partial charge is 0.264 e. The molecule has 1 aliphatic carbocycles. The number of carbonyl (C=O) groups is 2. The molecule has 2 amide bonds. The third-order valence-electron chi connectivity index (χ3n) is 6.84. The lowest BCUT2D eigenvalue weighted by molar-refractivity contribution is -0.139.